The standard InChI is InChI=1S/C19H29N5S.HI/c1-4-20-18(22-14-19(3)10-7-13-25-19)21-11-12-24-15(2)23-16-8-5-6-9-17(16)24;/h5-6,8-9H,4,7,10-14H2,1-3H3,(H2,20,21,22);1H. The lowest BCUT2D eigenvalue weighted by molar-refractivity contribution is 0.611. The summed E-state index contributed by atoms with van der Waals surface area (Å²) in [6.45, 7) is 9.97. The fourth-order valence-electron chi connectivity index (χ4n) is 3.31. The molecule has 1 aromatic carbocycles. The molecule has 144 valence electrons. The van der Waals surface area contributed by atoms with Crippen LogP contribution in [0.25, 0.3) is 11.0 Å². The van der Waals surface area contributed by atoms with E-state index < -0.39 is 0 Å². The van der Waals surface area contributed by atoms with Gasteiger partial charge < -0.3 is 15.2 Å². The number of fused-ring (bicyclic) bond motifs is 1. The smallest absolute Gasteiger partial charge is 0.191 e. The van der Waals surface area contributed by atoms with Crippen LogP contribution in [0.5, 0.6) is 0 Å². The average Bonchev–Trinajstić information content (AvgIpc) is 3.17. The van der Waals surface area contributed by atoms with Gasteiger partial charge in [0.1, 0.15) is 5.82 Å². The topological polar surface area (TPSA) is 54.2 Å². The Kier molecular flexibility index (Phi) is 8.06. The van der Waals surface area contributed by atoms with Crippen LogP contribution in [-0.4, -0.2) is 45.6 Å². The number of halogens is 1. The molecule has 2 heterocycles. The Hall–Kier alpha value is -0.960. The molecule has 0 bridgehead atoms. The number of rotatable bonds is 6. The van der Waals surface area contributed by atoms with E-state index in [0.717, 1.165) is 43.5 Å². The van der Waals surface area contributed by atoms with Crippen LogP contribution in [0.4, 0.5) is 0 Å². The lowest BCUT2D eigenvalue weighted by Gasteiger charge is -2.21. The predicted octanol–water partition coefficient (Wildman–Crippen LogP) is 3.80. The normalized spacial score (nSPS) is 20.2. The van der Waals surface area contributed by atoms with Crippen LogP contribution in [0, 0.1) is 6.92 Å². The number of aliphatic imine (C=N–C) groups is 1. The highest BCUT2D eigenvalue weighted by Gasteiger charge is 2.29. The molecule has 0 aliphatic carbocycles. The molecule has 26 heavy (non-hydrogen) atoms. The molecule has 0 spiro atoms. The Bertz CT molecular complexity index is 737. The van der Waals surface area contributed by atoms with Gasteiger partial charge >= 0.3 is 0 Å². The number of aryl methyl sites for hydroxylation is 1. The van der Waals surface area contributed by atoms with Gasteiger partial charge in [-0.3, -0.25) is 4.99 Å². The summed E-state index contributed by atoms with van der Waals surface area (Å²) in [6, 6.07) is 8.30. The molecule has 0 radical (unpaired) electrons. The van der Waals surface area contributed by atoms with Crippen LogP contribution in [0.1, 0.15) is 32.5 Å². The van der Waals surface area contributed by atoms with E-state index in [1.165, 1.54) is 24.1 Å². The first-order valence-corrected chi connectivity index (χ1v) is 10.2. The lowest BCUT2D eigenvalue weighted by Crippen LogP contribution is -2.40. The SMILES string of the molecule is CCNC(=NCC1(C)CCCS1)NCCn1c(C)nc2ccccc21.I. The number of guanidine groups is 1. The molecule has 1 aliphatic heterocycles. The summed E-state index contributed by atoms with van der Waals surface area (Å²) in [7, 11) is 0. The minimum atomic E-state index is 0. The van der Waals surface area contributed by atoms with Crippen molar-refractivity contribution in [2.45, 2.75) is 44.9 Å². The number of nitrogens with one attached hydrogen (secondary N) is 2. The number of benzene rings is 1. The van der Waals surface area contributed by atoms with Crippen molar-refractivity contribution < 1.29 is 0 Å². The molecule has 7 heteroatoms. The molecule has 1 fully saturated rings. The molecule has 2 aromatic rings. The van der Waals surface area contributed by atoms with Crippen LogP contribution in [0.3, 0.4) is 0 Å². The highest BCUT2D eigenvalue weighted by Crippen LogP contribution is 2.37. The average molecular weight is 487 g/mol. The van der Waals surface area contributed by atoms with E-state index in [0.29, 0.717) is 4.75 Å². The third-order valence-corrected chi connectivity index (χ3v) is 6.21. The number of imidazole rings is 1. The van der Waals surface area contributed by atoms with Gasteiger partial charge in [-0.2, -0.15) is 11.8 Å². The zero-order chi connectivity index (χ0) is 17.7. The van der Waals surface area contributed by atoms with Crippen molar-refractivity contribution in [3.63, 3.8) is 0 Å². The van der Waals surface area contributed by atoms with Gasteiger partial charge in [-0.1, -0.05) is 12.1 Å². The monoisotopic (exact) mass is 487 g/mol. The van der Waals surface area contributed by atoms with Gasteiger partial charge in [0, 0.05) is 24.4 Å². The third kappa shape index (κ3) is 5.28. The maximum atomic E-state index is 4.82. The molecule has 0 amide bonds. The minimum absolute atomic E-state index is 0. The summed E-state index contributed by atoms with van der Waals surface area (Å²) < 4.78 is 2.57. The predicted molar refractivity (Wildman–Crippen MR) is 124 cm³/mol. The maximum Gasteiger partial charge on any atom is 0.191 e. The number of hydrogen-bond acceptors (Lipinski definition) is 3. The fraction of sp³-hybridized carbons (Fsp3) is 0.579. The number of para-hydroxylation sites is 2. The van der Waals surface area contributed by atoms with Gasteiger partial charge in [0.15, 0.2) is 5.96 Å². The van der Waals surface area contributed by atoms with Crippen molar-refractivity contribution in [2.24, 2.45) is 4.99 Å². The molecular weight excluding hydrogens is 457 g/mol. The van der Waals surface area contributed by atoms with Gasteiger partial charge in [0.2, 0.25) is 0 Å². The quantitative estimate of drug-likeness (QED) is 0.370. The van der Waals surface area contributed by atoms with Crippen molar-refractivity contribution in [2.75, 3.05) is 25.4 Å². The first kappa shape index (κ1) is 21.3. The molecule has 3 rings (SSSR count). The first-order chi connectivity index (χ1) is 12.1. The first-order valence-electron chi connectivity index (χ1n) is 9.19. The van der Waals surface area contributed by atoms with Gasteiger partial charge in [-0.15, -0.1) is 24.0 Å². The number of aromatic nitrogens is 2. The Morgan fingerprint density at radius 1 is 1.35 bits per heavy atom. The van der Waals surface area contributed by atoms with Gasteiger partial charge in [-0.25, -0.2) is 4.98 Å². The second-order valence-electron chi connectivity index (χ2n) is 6.82. The van der Waals surface area contributed by atoms with Gasteiger partial charge in [0.05, 0.1) is 17.6 Å². The summed E-state index contributed by atoms with van der Waals surface area (Å²) in [5, 5.41) is 6.83. The molecule has 2 N–H and O–H groups in total. The molecule has 0 saturated carbocycles. The Labute approximate surface area is 177 Å². The highest BCUT2D eigenvalue weighted by atomic mass is 127. The van der Waals surface area contributed by atoms with Crippen LogP contribution in [0.15, 0.2) is 29.3 Å². The summed E-state index contributed by atoms with van der Waals surface area (Å²) in [6.07, 6.45) is 2.58. The lowest BCUT2D eigenvalue weighted by atomic mass is 10.1. The summed E-state index contributed by atoms with van der Waals surface area (Å²) >= 11 is 2.05. The largest absolute Gasteiger partial charge is 0.357 e. The Morgan fingerprint density at radius 3 is 2.88 bits per heavy atom. The Morgan fingerprint density at radius 2 is 2.15 bits per heavy atom. The molecule has 1 aliphatic rings. The molecule has 1 saturated heterocycles. The van der Waals surface area contributed by atoms with E-state index in [4.69, 9.17) is 4.99 Å². The minimum Gasteiger partial charge on any atom is -0.357 e. The van der Waals surface area contributed by atoms with Gasteiger partial charge in [0.25, 0.3) is 0 Å². The molecule has 1 aromatic heterocycles. The van der Waals surface area contributed by atoms with Crippen LogP contribution >= 0.6 is 35.7 Å². The van der Waals surface area contributed by atoms with Crippen LogP contribution in [-0.2, 0) is 6.54 Å². The molecular formula is C19H30IN5S. The summed E-state index contributed by atoms with van der Waals surface area (Å²) in [5.41, 5.74) is 2.25. The van der Waals surface area contributed by atoms with Crippen molar-refractivity contribution in [3.05, 3.63) is 30.1 Å². The van der Waals surface area contributed by atoms with Crippen molar-refractivity contribution >= 4 is 52.7 Å². The molecule has 1 unspecified atom stereocenters. The number of nitrogens with zero attached hydrogens (tertiary/aromatic N) is 3. The van der Waals surface area contributed by atoms with E-state index in [1.54, 1.807) is 0 Å². The summed E-state index contributed by atoms with van der Waals surface area (Å²) in [4.78, 5) is 9.45. The highest BCUT2D eigenvalue weighted by molar-refractivity contribution is 14.0. The van der Waals surface area contributed by atoms with Crippen molar-refractivity contribution in [1.29, 1.82) is 0 Å². The second kappa shape index (κ2) is 9.82. The van der Waals surface area contributed by atoms with E-state index >= 15 is 0 Å². The zero-order valence-corrected chi connectivity index (χ0v) is 19.1. The van der Waals surface area contributed by atoms with Crippen molar-refractivity contribution in [1.82, 2.24) is 20.2 Å². The van der Waals surface area contributed by atoms with E-state index in [2.05, 4.69) is 70.9 Å². The van der Waals surface area contributed by atoms with Gasteiger partial charge in [-0.05, 0) is 51.5 Å². The fourth-order valence-corrected chi connectivity index (χ4v) is 4.54. The summed E-state index contributed by atoms with van der Waals surface area (Å²) in [5.74, 6) is 3.24. The van der Waals surface area contributed by atoms with Crippen molar-refractivity contribution in [3.8, 4) is 0 Å². The maximum absolute atomic E-state index is 4.82. The second-order valence-corrected chi connectivity index (χ2v) is 8.51. The van der Waals surface area contributed by atoms with Crippen LogP contribution < -0.4 is 10.6 Å². The number of thioether (sulfide) groups is 1. The Balaban J connectivity index is 0.00000243. The van der Waals surface area contributed by atoms with Crippen LogP contribution in [0.2, 0.25) is 0 Å². The molecule has 5 nitrogen and oxygen atoms in total. The molecule has 1 atom stereocenters. The zero-order valence-electron chi connectivity index (χ0n) is 15.9. The van der Waals surface area contributed by atoms with E-state index in [-0.39, 0.29) is 24.0 Å². The third-order valence-electron chi connectivity index (χ3n) is 4.69. The van der Waals surface area contributed by atoms with E-state index in [1.807, 2.05) is 6.07 Å². The number of hydrogen-bond donors (Lipinski definition) is 2. The van der Waals surface area contributed by atoms with E-state index in [9.17, 15) is 0 Å².